The number of aromatic nitrogens is 2. The molecule has 1 aliphatic heterocycles. The number of ether oxygens (including phenoxy) is 2. The molecule has 2 heterocycles. The smallest absolute Gasteiger partial charge is 0.271 e. The quantitative estimate of drug-likeness (QED) is 0.808. The second-order valence-corrected chi connectivity index (χ2v) is 7.20. The number of carbonyl (C=O) groups excluding carboxylic acids is 1. The van der Waals surface area contributed by atoms with E-state index in [-0.39, 0.29) is 5.91 Å². The fraction of sp³-hybridized carbons (Fsp3) is 0.500. The molecular formula is C20H28N4O3. The van der Waals surface area contributed by atoms with E-state index < -0.39 is 0 Å². The van der Waals surface area contributed by atoms with Crippen LogP contribution < -0.4 is 14.8 Å². The van der Waals surface area contributed by atoms with Crippen molar-refractivity contribution in [2.75, 3.05) is 27.3 Å². The average molecular weight is 372 g/mol. The van der Waals surface area contributed by atoms with Crippen LogP contribution in [-0.2, 0) is 19.6 Å². The zero-order valence-electron chi connectivity index (χ0n) is 16.5. The molecule has 1 aromatic heterocycles. The van der Waals surface area contributed by atoms with Gasteiger partial charge in [0.2, 0.25) is 0 Å². The Morgan fingerprint density at radius 3 is 2.78 bits per heavy atom. The Balaban J connectivity index is 1.66. The summed E-state index contributed by atoms with van der Waals surface area (Å²) in [6.45, 7) is 8.47. The van der Waals surface area contributed by atoms with E-state index in [2.05, 4.69) is 33.6 Å². The molecule has 1 N–H and O–H groups in total. The number of hydrogen-bond donors (Lipinski definition) is 1. The largest absolute Gasteiger partial charge is 0.493 e. The fourth-order valence-electron chi connectivity index (χ4n) is 3.44. The molecule has 1 aromatic carbocycles. The second-order valence-electron chi connectivity index (χ2n) is 7.20. The lowest BCUT2D eigenvalue weighted by atomic mass is 10.2. The summed E-state index contributed by atoms with van der Waals surface area (Å²) in [6, 6.07) is 5.61. The van der Waals surface area contributed by atoms with E-state index in [1.54, 1.807) is 14.2 Å². The molecule has 27 heavy (non-hydrogen) atoms. The van der Waals surface area contributed by atoms with Gasteiger partial charge in [-0.2, -0.15) is 0 Å². The van der Waals surface area contributed by atoms with E-state index in [4.69, 9.17) is 9.47 Å². The third-order valence-electron chi connectivity index (χ3n) is 4.66. The SMILES string of the molecule is COc1cccc(CNC(=O)c2cn3c(n2)CN(CC(C)C)CC3)c1OC. The number of fused-ring (bicyclic) bond motifs is 1. The van der Waals surface area contributed by atoms with Gasteiger partial charge in [-0.05, 0) is 12.0 Å². The maximum atomic E-state index is 12.6. The first kappa shape index (κ1) is 19.2. The molecule has 1 aliphatic rings. The molecule has 7 nitrogen and oxygen atoms in total. The van der Waals surface area contributed by atoms with Crippen molar-refractivity contribution in [3.63, 3.8) is 0 Å². The number of rotatable bonds is 7. The van der Waals surface area contributed by atoms with Gasteiger partial charge >= 0.3 is 0 Å². The monoisotopic (exact) mass is 372 g/mol. The molecule has 0 bridgehead atoms. The van der Waals surface area contributed by atoms with Gasteiger partial charge in [-0.25, -0.2) is 4.98 Å². The van der Waals surface area contributed by atoms with Crippen molar-refractivity contribution in [3.8, 4) is 11.5 Å². The molecule has 7 heteroatoms. The molecule has 0 aliphatic carbocycles. The van der Waals surface area contributed by atoms with Crippen LogP contribution in [0.2, 0.25) is 0 Å². The number of imidazole rings is 1. The topological polar surface area (TPSA) is 68.6 Å². The van der Waals surface area contributed by atoms with Crippen molar-refractivity contribution in [2.45, 2.75) is 33.5 Å². The molecule has 0 fully saturated rings. The Kier molecular flexibility index (Phi) is 6.01. The van der Waals surface area contributed by atoms with Crippen LogP contribution in [0.15, 0.2) is 24.4 Å². The lowest BCUT2D eigenvalue weighted by molar-refractivity contribution is 0.0946. The molecule has 0 unspecified atom stereocenters. The first-order chi connectivity index (χ1) is 13.0. The maximum absolute atomic E-state index is 12.6. The predicted octanol–water partition coefficient (Wildman–Crippen LogP) is 2.30. The van der Waals surface area contributed by atoms with E-state index >= 15 is 0 Å². The molecule has 0 saturated heterocycles. The number of carbonyl (C=O) groups is 1. The number of para-hydroxylation sites is 1. The summed E-state index contributed by atoms with van der Waals surface area (Å²) < 4.78 is 12.8. The van der Waals surface area contributed by atoms with E-state index in [0.717, 1.165) is 37.6 Å². The van der Waals surface area contributed by atoms with Crippen LogP contribution in [0.25, 0.3) is 0 Å². The molecule has 0 saturated carbocycles. The van der Waals surface area contributed by atoms with Gasteiger partial charge in [0.1, 0.15) is 11.5 Å². The lowest BCUT2D eigenvalue weighted by Crippen LogP contribution is -2.35. The van der Waals surface area contributed by atoms with E-state index in [1.807, 2.05) is 24.4 Å². The van der Waals surface area contributed by atoms with Gasteiger partial charge in [-0.15, -0.1) is 0 Å². The minimum Gasteiger partial charge on any atom is -0.493 e. The summed E-state index contributed by atoms with van der Waals surface area (Å²) >= 11 is 0. The van der Waals surface area contributed by atoms with Crippen LogP contribution in [0.5, 0.6) is 11.5 Å². The summed E-state index contributed by atoms with van der Waals surface area (Å²) in [5, 5.41) is 2.93. The van der Waals surface area contributed by atoms with Crippen LogP contribution in [-0.4, -0.2) is 47.7 Å². The molecule has 3 rings (SSSR count). The van der Waals surface area contributed by atoms with Crippen molar-refractivity contribution in [2.24, 2.45) is 5.92 Å². The van der Waals surface area contributed by atoms with Crippen molar-refractivity contribution in [1.82, 2.24) is 19.8 Å². The number of nitrogens with one attached hydrogen (secondary N) is 1. The molecule has 1 amide bonds. The van der Waals surface area contributed by atoms with Gasteiger partial charge < -0.3 is 19.4 Å². The summed E-state index contributed by atoms with van der Waals surface area (Å²) in [4.78, 5) is 19.5. The first-order valence-electron chi connectivity index (χ1n) is 9.28. The first-order valence-corrected chi connectivity index (χ1v) is 9.28. The van der Waals surface area contributed by atoms with E-state index in [1.165, 1.54) is 0 Å². The Hall–Kier alpha value is -2.54. The van der Waals surface area contributed by atoms with Gasteiger partial charge in [-0.3, -0.25) is 9.69 Å². The highest BCUT2D eigenvalue weighted by atomic mass is 16.5. The standard InChI is InChI=1S/C20H28N4O3/c1-14(2)11-23-8-9-24-12-16(22-18(24)13-23)20(25)21-10-15-6-5-7-17(26-3)19(15)27-4/h5-7,12,14H,8-11,13H2,1-4H3,(H,21,25). The Morgan fingerprint density at radius 2 is 2.07 bits per heavy atom. The highest BCUT2D eigenvalue weighted by Crippen LogP contribution is 2.30. The Bertz CT molecular complexity index is 801. The molecule has 0 atom stereocenters. The van der Waals surface area contributed by atoms with Crippen LogP contribution in [0.1, 0.15) is 35.7 Å². The second kappa shape index (κ2) is 8.43. The van der Waals surface area contributed by atoms with Gasteiger partial charge in [0.15, 0.2) is 11.5 Å². The number of methoxy groups -OCH3 is 2. The molecule has 146 valence electrons. The molecule has 0 radical (unpaired) electrons. The lowest BCUT2D eigenvalue weighted by Gasteiger charge is -2.28. The number of hydrogen-bond acceptors (Lipinski definition) is 5. The van der Waals surface area contributed by atoms with Gasteiger partial charge in [0.25, 0.3) is 5.91 Å². The average Bonchev–Trinajstić information content (AvgIpc) is 3.08. The highest BCUT2D eigenvalue weighted by Gasteiger charge is 2.21. The summed E-state index contributed by atoms with van der Waals surface area (Å²) in [5.74, 6) is 2.66. The number of amides is 1. The van der Waals surface area contributed by atoms with Gasteiger partial charge in [0, 0.05) is 37.9 Å². The predicted molar refractivity (Wildman–Crippen MR) is 103 cm³/mol. The van der Waals surface area contributed by atoms with Crippen LogP contribution in [0.3, 0.4) is 0 Å². The van der Waals surface area contributed by atoms with Crippen LogP contribution in [0.4, 0.5) is 0 Å². The molecule has 2 aromatic rings. The van der Waals surface area contributed by atoms with Crippen LogP contribution in [0, 0.1) is 5.92 Å². The van der Waals surface area contributed by atoms with Crippen molar-refractivity contribution in [1.29, 1.82) is 0 Å². The molecule has 0 spiro atoms. The Morgan fingerprint density at radius 1 is 1.26 bits per heavy atom. The number of nitrogens with zero attached hydrogens (tertiary/aromatic N) is 3. The fourth-order valence-corrected chi connectivity index (χ4v) is 3.44. The summed E-state index contributed by atoms with van der Waals surface area (Å²) in [7, 11) is 3.19. The van der Waals surface area contributed by atoms with E-state index in [9.17, 15) is 4.79 Å². The third-order valence-corrected chi connectivity index (χ3v) is 4.66. The Labute approximate surface area is 160 Å². The maximum Gasteiger partial charge on any atom is 0.271 e. The third kappa shape index (κ3) is 4.42. The zero-order valence-corrected chi connectivity index (χ0v) is 16.5. The molecular weight excluding hydrogens is 344 g/mol. The minimum absolute atomic E-state index is 0.183. The summed E-state index contributed by atoms with van der Waals surface area (Å²) in [5.41, 5.74) is 1.32. The van der Waals surface area contributed by atoms with Gasteiger partial charge in [0.05, 0.1) is 20.8 Å². The minimum atomic E-state index is -0.183. The highest BCUT2D eigenvalue weighted by molar-refractivity contribution is 5.92. The van der Waals surface area contributed by atoms with E-state index in [0.29, 0.717) is 29.7 Å². The number of benzene rings is 1. The van der Waals surface area contributed by atoms with Crippen molar-refractivity contribution >= 4 is 5.91 Å². The zero-order chi connectivity index (χ0) is 19.4. The van der Waals surface area contributed by atoms with Crippen LogP contribution >= 0.6 is 0 Å². The van der Waals surface area contributed by atoms with Gasteiger partial charge in [-0.1, -0.05) is 26.0 Å². The normalized spacial score (nSPS) is 14.1. The van der Waals surface area contributed by atoms with Crippen molar-refractivity contribution < 1.29 is 14.3 Å². The van der Waals surface area contributed by atoms with Crippen molar-refractivity contribution in [3.05, 3.63) is 41.5 Å². The summed E-state index contributed by atoms with van der Waals surface area (Å²) in [6.07, 6.45) is 1.85.